The van der Waals surface area contributed by atoms with E-state index in [4.69, 9.17) is 4.74 Å². The quantitative estimate of drug-likeness (QED) is 0.743. The maximum Gasteiger partial charge on any atom is 0.147 e. The minimum atomic E-state index is -0.353. The molecule has 0 unspecified atom stereocenters. The maximum absolute atomic E-state index is 12.4. The summed E-state index contributed by atoms with van der Waals surface area (Å²) in [5.74, 6) is 0.266. The summed E-state index contributed by atoms with van der Waals surface area (Å²) in [4.78, 5) is 12.4. The lowest BCUT2D eigenvalue weighted by atomic mass is 9.70. The Kier molecular flexibility index (Phi) is 3.75. The Balaban J connectivity index is 2.36. The molecule has 2 nitrogen and oxygen atoms in total. The summed E-state index contributed by atoms with van der Waals surface area (Å²) in [5, 5.41) is 0. The SMILES string of the molecule is C=CCC(=O)C1(c2ccccc2)CCOCC1. The molecule has 1 saturated heterocycles. The lowest BCUT2D eigenvalue weighted by molar-refractivity contribution is -0.127. The molecule has 0 aliphatic carbocycles. The van der Waals surface area contributed by atoms with Gasteiger partial charge in [-0.2, -0.15) is 0 Å². The standard InChI is InChI=1S/C15H18O2/c1-2-6-14(16)15(9-11-17-12-10-15)13-7-4-3-5-8-13/h2-5,7-8H,1,6,9-12H2. The first kappa shape index (κ1) is 12.1. The molecule has 1 aromatic carbocycles. The molecule has 0 N–H and O–H groups in total. The van der Waals surface area contributed by atoms with Crippen LogP contribution in [0.15, 0.2) is 43.0 Å². The van der Waals surface area contributed by atoms with Crippen LogP contribution in [0.5, 0.6) is 0 Å². The molecule has 0 saturated carbocycles. The number of carbonyl (C=O) groups is 1. The van der Waals surface area contributed by atoms with Crippen LogP contribution in [0.25, 0.3) is 0 Å². The smallest absolute Gasteiger partial charge is 0.147 e. The monoisotopic (exact) mass is 230 g/mol. The van der Waals surface area contributed by atoms with E-state index >= 15 is 0 Å². The second kappa shape index (κ2) is 5.28. The predicted octanol–water partition coefficient (Wildman–Crippen LogP) is 2.88. The third-order valence-electron chi connectivity index (χ3n) is 3.54. The average molecular weight is 230 g/mol. The van der Waals surface area contributed by atoms with Gasteiger partial charge >= 0.3 is 0 Å². The second-order valence-corrected chi connectivity index (χ2v) is 4.48. The van der Waals surface area contributed by atoms with Crippen LogP contribution < -0.4 is 0 Å². The molecule has 0 aromatic heterocycles. The van der Waals surface area contributed by atoms with Gasteiger partial charge in [0.05, 0.1) is 5.41 Å². The second-order valence-electron chi connectivity index (χ2n) is 4.48. The van der Waals surface area contributed by atoms with E-state index in [1.54, 1.807) is 6.08 Å². The van der Waals surface area contributed by atoms with Gasteiger partial charge in [0.1, 0.15) is 5.78 Å². The zero-order valence-corrected chi connectivity index (χ0v) is 10.0. The Hall–Kier alpha value is -1.41. The Morgan fingerprint density at radius 3 is 2.53 bits per heavy atom. The highest BCUT2D eigenvalue weighted by Crippen LogP contribution is 2.36. The summed E-state index contributed by atoms with van der Waals surface area (Å²) >= 11 is 0. The van der Waals surface area contributed by atoms with Gasteiger partial charge in [-0.15, -0.1) is 6.58 Å². The first-order chi connectivity index (χ1) is 8.29. The van der Waals surface area contributed by atoms with Crippen LogP contribution in [-0.2, 0) is 14.9 Å². The van der Waals surface area contributed by atoms with Crippen molar-refractivity contribution in [3.05, 3.63) is 48.6 Å². The van der Waals surface area contributed by atoms with E-state index in [-0.39, 0.29) is 11.2 Å². The van der Waals surface area contributed by atoms with Crippen LogP contribution in [0.2, 0.25) is 0 Å². The molecule has 1 aliphatic heterocycles. The summed E-state index contributed by atoms with van der Waals surface area (Å²) in [6.07, 6.45) is 3.70. The van der Waals surface area contributed by atoms with Gasteiger partial charge in [0.2, 0.25) is 0 Å². The number of allylic oxidation sites excluding steroid dienone is 1. The Bertz CT molecular complexity index is 389. The fourth-order valence-corrected chi connectivity index (χ4v) is 2.53. The van der Waals surface area contributed by atoms with Gasteiger partial charge in [0, 0.05) is 19.6 Å². The lowest BCUT2D eigenvalue weighted by Crippen LogP contribution is -2.41. The molecule has 0 bridgehead atoms. The van der Waals surface area contributed by atoms with Crippen LogP contribution >= 0.6 is 0 Å². The Labute approximate surface area is 102 Å². The number of carbonyl (C=O) groups excluding carboxylic acids is 1. The zero-order chi connectivity index (χ0) is 12.1. The topological polar surface area (TPSA) is 26.3 Å². The molecule has 2 heteroatoms. The van der Waals surface area contributed by atoms with Crippen LogP contribution in [0.4, 0.5) is 0 Å². The third kappa shape index (κ3) is 2.32. The van der Waals surface area contributed by atoms with Crippen molar-refractivity contribution in [1.82, 2.24) is 0 Å². The van der Waals surface area contributed by atoms with Gasteiger partial charge in [-0.3, -0.25) is 4.79 Å². The minimum absolute atomic E-state index is 0.266. The summed E-state index contributed by atoms with van der Waals surface area (Å²) < 4.78 is 5.40. The molecule has 0 amide bonds. The van der Waals surface area contributed by atoms with E-state index in [1.165, 1.54) is 0 Å². The molecule has 0 spiro atoms. The number of ketones is 1. The minimum Gasteiger partial charge on any atom is -0.381 e. The van der Waals surface area contributed by atoms with E-state index in [9.17, 15) is 4.79 Å². The molecule has 1 aliphatic rings. The molecular weight excluding hydrogens is 212 g/mol. The molecule has 1 fully saturated rings. The van der Waals surface area contributed by atoms with E-state index in [2.05, 4.69) is 6.58 Å². The summed E-state index contributed by atoms with van der Waals surface area (Å²) in [5.41, 5.74) is 0.767. The number of benzene rings is 1. The van der Waals surface area contributed by atoms with E-state index in [1.807, 2.05) is 30.3 Å². The Morgan fingerprint density at radius 1 is 1.29 bits per heavy atom. The summed E-state index contributed by atoms with van der Waals surface area (Å²) in [6, 6.07) is 10.1. The average Bonchev–Trinajstić information content (AvgIpc) is 2.41. The number of ether oxygens (including phenoxy) is 1. The predicted molar refractivity (Wildman–Crippen MR) is 68.0 cm³/mol. The van der Waals surface area contributed by atoms with Gasteiger partial charge in [0.25, 0.3) is 0 Å². The van der Waals surface area contributed by atoms with Crippen molar-refractivity contribution < 1.29 is 9.53 Å². The van der Waals surface area contributed by atoms with Crippen LogP contribution in [0, 0.1) is 0 Å². The molecule has 17 heavy (non-hydrogen) atoms. The van der Waals surface area contributed by atoms with E-state index < -0.39 is 0 Å². The largest absolute Gasteiger partial charge is 0.381 e. The number of hydrogen-bond acceptors (Lipinski definition) is 2. The van der Waals surface area contributed by atoms with Gasteiger partial charge < -0.3 is 4.74 Å². The van der Waals surface area contributed by atoms with Crippen molar-refractivity contribution in [2.75, 3.05) is 13.2 Å². The van der Waals surface area contributed by atoms with E-state index in [0.29, 0.717) is 19.6 Å². The van der Waals surface area contributed by atoms with Gasteiger partial charge in [-0.1, -0.05) is 36.4 Å². The lowest BCUT2D eigenvalue weighted by Gasteiger charge is -2.36. The molecule has 0 atom stereocenters. The first-order valence-corrected chi connectivity index (χ1v) is 6.07. The highest BCUT2D eigenvalue weighted by Gasteiger charge is 2.40. The molecular formula is C15H18O2. The number of rotatable bonds is 4. The normalized spacial score (nSPS) is 18.6. The highest BCUT2D eigenvalue weighted by molar-refractivity contribution is 5.91. The summed E-state index contributed by atoms with van der Waals surface area (Å²) in [7, 11) is 0. The van der Waals surface area contributed by atoms with Gasteiger partial charge in [-0.05, 0) is 18.4 Å². The molecule has 90 valence electrons. The van der Waals surface area contributed by atoms with E-state index in [0.717, 1.165) is 18.4 Å². The molecule has 2 rings (SSSR count). The Morgan fingerprint density at radius 2 is 1.94 bits per heavy atom. The highest BCUT2D eigenvalue weighted by atomic mass is 16.5. The van der Waals surface area contributed by atoms with Crippen molar-refractivity contribution in [3.8, 4) is 0 Å². The third-order valence-corrected chi connectivity index (χ3v) is 3.54. The maximum atomic E-state index is 12.4. The zero-order valence-electron chi connectivity index (χ0n) is 10.0. The van der Waals surface area contributed by atoms with Gasteiger partial charge in [-0.25, -0.2) is 0 Å². The van der Waals surface area contributed by atoms with Crippen LogP contribution in [0.3, 0.4) is 0 Å². The van der Waals surface area contributed by atoms with Crippen LogP contribution in [0.1, 0.15) is 24.8 Å². The fourth-order valence-electron chi connectivity index (χ4n) is 2.53. The van der Waals surface area contributed by atoms with Crippen LogP contribution in [-0.4, -0.2) is 19.0 Å². The number of Topliss-reactive ketones (excluding diaryl/α,β-unsaturated/α-hetero) is 1. The van der Waals surface area contributed by atoms with Gasteiger partial charge in [0.15, 0.2) is 0 Å². The fraction of sp³-hybridized carbons (Fsp3) is 0.400. The molecule has 0 radical (unpaired) electrons. The molecule has 1 aromatic rings. The van der Waals surface area contributed by atoms with Crippen molar-refractivity contribution >= 4 is 5.78 Å². The number of hydrogen-bond donors (Lipinski definition) is 0. The van der Waals surface area contributed by atoms with Crippen molar-refractivity contribution in [1.29, 1.82) is 0 Å². The van der Waals surface area contributed by atoms with Crippen molar-refractivity contribution in [3.63, 3.8) is 0 Å². The van der Waals surface area contributed by atoms with Crippen molar-refractivity contribution in [2.24, 2.45) is 0 Å². The summed E-state index contributed by atoms with van der Waals surface area (Å²) in [6.45, 7) is 5.00. The van der Waals surface area contributed by atoms with Crippen molar-refractivity contribution in [2.45, 2.75) is 24.7 Å². The molecule has 1 heterocycles. The first-order valence-electron chi connectivity index (χ1n) is 6.07.